The number of benzene rings is 1. The van der Waals surface area contributed by atoms with E-state index in [1.807, 2.05) is 25.6 Å². The second kappa shape index (κ2) is 6.37. The molecule has 1 aliphatic heterocycles. The molecule has 1 fully saturated rings. The minimum absolute atomic E-state index is 0.0591. The van der Waals surface area contributed by atoms with Crippen LogP contribution in [0.3, 0.4) is 0 Å². The van der Waals surface area contributed by atoms with E-state index in [0.29, 0.717) is 11.7 Å². The van der Waals surface area contributed by atoms with Gasteiger partial charge in [0.25, 0.3) is 0 Å². The fourth-order valence-electron chi connectivity index (χ4n) is 2.11. The van der Waals surface area contributed by atoms with Gasteiger partial charge in [0.1, 0.15) is 0 Å². The first kappa shape index (κ1) is 14.3. The first-order chi connectivity index (χ1) is 9.06. The number of ether oxygens (including phenoxy) is 1. The van der Waals surface area contributed by atoms with Crippen molar-refractivity contribution in [1.82, 2.24) is 0 Å². The maximum atomic E-state index is 13.7. The van der Waals surface area contributed by atoms with Crippen LogP contribution in [0.5, 0.6) is 5.75 Å². The highest BCUT2D eigenvalue weighted by molar-refractivity contribution is 7.99. The van der Waals surface area contributed by atoms with Crippen LogP contribution < -0.4 is 15.8 Å². The summed E-state index contributed by atoms with van der Waals surface area (Å²) >= 11 is 1.94. The van der Waals surface area contributed by atoms with Gasteiger partial charge in [-0.25, -0.2) is 4.39 Å². The number of rotatable bonds is 4. The van der Waals surface area contributed by atoms with Gasteiger partial charge in [0.15, 0.2) is 11.6 Å². The second-order valence-electron chi connectivity index (χ2n) is 5.09. The molecule has 3 nitrogen and oxygen atoms in total. The van der Waals surface area contributed by atoms with Crippen molar-refractivity contribution >= 4 is 23.1 Å². The molecule has 0 aromatic heterocycles. The zero-order valence-corrected chi connectivity index (χ0v) is 12.2. The third-order valence-electron chi connectivity index (χ3n) is 2.99. The number of thioether (sulfide) groups is 1. The molecule has 0 bridgehead atoms. The molecule has 0 saturated carbocycles. The van der Waals surface area contributed by atoms with E-state index in [-0.39, 0.29) is 11.9 Å². The lowest BCUT2D eigenvalue weighted by atomic mass is 10.1. The Morgan fingerprint density at radius 2 is 2.26 bits per heavy atom. The Bertz CT molecular complexity index is 434. The molecule has 5 heteroatoms. The van der Waals surface area contributed by atoms with Gasteiger partial charge in [-0.1, -0.05) is 0 Å². The lowest BCUT2D eigenvalue weighted by Gasteiger charge is -2.25. The van der Waals surface area contributed by atoms with E-state index in [2.05, 4.69) is 5.32 Å². The zero-order valence-electron chi connectivity index (χ0n) is 11.4. The van der Waals surface area contributed by atoms with Crippen LogP contribution in [0.1, 0.15) is 26.7 Å². The largest absolute Gasteiger partial charge is 0.488 e. The van der Waals surface area contributed by atoms with Crippen LogP contribution in [-0.4, -0.2) is 23.7 Å². The van der Waals surface area contributed by atoms with Crippen LogP contribution in [-0.2, 0) is 0 Å². The Morgan fingerprint density at radius 1 is 1.47 bits per heavy atom. The monoisotopic (exact) mass is 284 g/mol. The molecule has 0 spiro atoms. The van der Waals surface area contributed by atoms with E-state index in [4.69, 9.17) is 10.5 Å². The Labute approximate surface area is 118 Å². The molecule has 1 atom stereocenters. The summed E-state index contributed by atoms with van der Waals surface area (Å²) in [5, 5.41) is 3.40. The van der Waals surface area contributed by atoms with Gasteiger partial charge in [-0.15, -0.1) is 0 Å². The van der Waals surface area contributed by atoms with Crippen LogP contribution >= 0.6 is 11.8 Å². The van der Waals surface area contributed by atoms with Gasteiger partial charge in [-0.05, 0) is 32.4 Å². The van der Waals surface area contributed by atoms with E-state index in [0.717, 1.165) is 17.9 Å². The van der Waals surface area contributed by atoms with Crippen LogP contribution in [0.25, 0.3) is 0 Å². The first-order valence-corrected chi connectivity index (χ1v) is 7.81. The molecular weight excluding hydrogens is 263 g/mol. The fraction of sp³-hybridized carbons (Fsp3) is 0.571. The molecule has 1 aromatic carbocycles. The normalized spacial score (nSPS) is 19.5. The Morgan fingerprint density at radius 3 is 2.89 bits per heavy atom. The molecule has 1 aliphatic rings. The molecule has 1 heterocycles. The van der Waals surface area contributed by atoms with Gasteiger partial charge < -0.3 is 15.8 Å². The van der Waals surface area contributed by atoms with Crippen LogP contribution in [0.4, 0.5) is 15.8 Å². The summed E-state index contributed by atoms with van der Waals surface area (Å²) in [6.07, 6.45) is 2.28. The van der Waals surface area contributed by atoms with E-state index in [1.165, 1.54) is 18.2 Å². The van der Waals surface area contributed by atoms with Crippen molar-refractivity contribution in [3.63, 3.8) is 0 Å². The lowest BCUT2D eigenvalue weighted by molar-refractivity contribution is 0.231. The van der Waals surface area contributed by atoms with Crippen molar-refractivity contribution in [2.24, 2.45) is 0 Å². The summed E-state index contributed by atoms with van der Waals surface area (Å²) in [4.78, 5) is 0. The van der Waals surface area contributed by atoms with Crippen molar-refractivity contribution < 1.29 is 9.13 Å². The highest BCUT2D eigenvalue weighted by atomic mass is 32.2. The smallest absolute Gasteiger partial charge is 0.167 e. The van der Waals surface area contributed by atoms with E-state index >= 15 is 0 Å². The number of halogens is 1. The minimum atomic E-state index is -0.408. The maximum Gasteiger partial charge on any atom is 0.167 e. The highest BCUT2D eigenvalue weighted by Gasteiger charge is 2.16. The Hall–Kier alpha value is -1.10. The van der Waals surface area contributed by atoms with Crippen molar-refractivity contribution in [2.75, 3.05) is 22.6 Å². The summed E-state index contributed by atoms with van der Waals surface area (Å²) in [5.74, 6) is 2.14. The molecular formula is C14H21FN2OS. The van der Waals surface area contributed by atoms with E-state index in [9.17, 15) is 4.39 Å². The molecule has 106 valence electrons. The van der Waals surface area contributed by atoms with Gasteiger partial charge in [0.2, 0.25) is 0 Å². The zero-order chi connectivity index (χ0) is 13.8. The average molecular weight is 284 g/mol. The summed E-state index contributed by atoms with van der Waals surface area (Å²) in [5.41, 5.74) is 7.08. The standard InChI is InChI=1S/C14H21FN2OS/c1-9(2)18-14-7-13(12(16)6-11(14)15)17-10-4-3-5-19-8-10/h6-7,9-10,17H,3-5,8,16H2,1-2H3. The molecule has 0 aliphatic carbocycles. The number of nitrogen functional groups attached to an aromatic ring is 1. The topological polar surface area (TPSA) is 47.3 Å². The second-order valence-corrected chi connectivity index (χ2v) is 6.24. The number of hydrogen-bond donors (Lipinski definition) is 2. The Balaban J connectivity index is 2.14. The summed E-state index contributed by atoms with van der Waals surface area (Å²) < 4.78 is 19.2. The lowest BCUT2D eigenvalue weighted by Crippen LogP contribution is -2.26. The highest BCUT2D eigenvalue weighted by Crippen LogP contribution is 2.31. The molecule has 0 radical (unpaired) electrons. The molecule has 0 amide bonds. The maximum absolute atomic E-state index is 13.7. The van der Waals surface area contributed by atoms with Crippen molar-refractivity contribution in [1.29, 1.82) is 0 Å². The van der Waals surface area contributed by atoms with Crippen LogP contribution in [0.2, 0.25) is 0 Å². The summed E-state index contributed by atoms with van der Waals surface area (Å²) in [6.45, 7) is 3.75. The van der Waals surface area contributed by atoms with Gasteiger partial charge in [-0.2, -0.15) is 11.8 Å². The minimum Gasteiger partial charge on any atom is -0.488 e. The quantitative estimate of drug-likeness (QED) is 0.831. The third kappa shape index (κ3) is 3.93. The predicted molar refractivity (Wildman–Crippen MR) is 80.5 cm³/mol. The molecule has 1 saturated heterocycles. The molecule has 2 rings (SSSR count). The van der Waals surface area contributed by atoms with Crippen molar-refractivity contribution in [3.8, 4) is 5.75 Å². The van der Waals surface area contributed by atoms with Gasteiger partial charge in [0.05, 0.1) is 17.5 Å². The van der Waals surface area contributed by atoms with E-state index < -0.39 is 5.82 Å². The molecule has 19 heavy (non-hydrogen) atoms. The van der Waals surface area contributed by atoms with E-state index in [1.54, 1.807) is 6.07 Å². The number of nitrogens with two attached hydrogens (primary N) is 1. The average Bonchev–Trinajstić information content (AvgIpc) is 2.36. The van der Waals surface area contributed by atoms with Crippen LogP contribution in [0, 0.1) is 5.82 Å². The molecule has 1 unspecified atom stereocenters. The summed E-state index contributed by atoms with van der Waals surface area (Å²) in [6, 6.07) is 3.40. The molecule has 1 aromatic rings. The SMILES string of the molecule is CC(C)Oc1cc(NC2CCCSC2)c(N)cc1F. The van der Waals surface area contributed by atoms with Crippen molar-refractivity contribution in [3.05, 3.63) is 17.9 Å². The van der Waals surface area contributed by atoms with Gasteiger partial charge in [-0.3, -0.25) is 0 Å². The number of nitrogens with one attached hydrogen (secondary N) is 1. The van der Waals surface area contributed by atoms with Crippen LogP contribution in [0.15, 0.2) is 12.1 Å². The first-order valence-electron chi connectivity index (χ1n) is 6.66. The van der Waals surface area contributed by atoms with Gasteiger partial charge >= 0.3 is 0 Å². The predicted octanol–water partition coefficient (Wildman–Crippen LogP) is 3.50. The number of anilines is 2. The van der Waals surface area contributed by atoms with Gasteiger partial charge in [0, 0.05) is 23.9 Å². The number of hydrogen-bond acceptors (Lipinski definition) is 4. The fourth-order valence-corrected chi connectivity index (χ4v) is 3.18. The molecule has 3 N–H and O–H groups in total. The Kier molecular flexibility index (Phi) is 4.80. The third-order valence-corrected chi connectivity index (χ3v) is 4.20. The van der Waals surface area contributed by atoms with Crippen molar-refractivity contribution in [2.45, 2.75) is 38.8 Å². The summed E-state index contributed by atoms with van der Waals surface area (Å²) in [7, 11) is 0.